The van der Waals surface area contributed by atoms with E-state index in [1.807, 2.05) is 13.8 Å². The molecule has 58 valence electrons. The Hall–Kier alpha value is -0.573. The van der Waals surface area contributed by atoms with E-state index in [0.29, 0.717) is 16.9 Å². The van der Waals surface area contributed by atoms with Crippen LogP contribution in [0, 0.1) is 5.41 Å². The highest BCUT2D eigenvalue weighted by Gasteiger charge is 2.25. The smallest absolute Gasteiger partial charge is 0.297 e. The van der Waals surface area contributed by atoms with Crippen LogP contribution in [0.1, 0.15) is 20.3 Å². The molecule has 0 N–H and O–H groups in total. The molecule has 0 radical (unpaired) electrons. The molecule has 10 heavy (non-hydrogen) atoms. The van der Waals surface area contributed by atoms with Gasteiger partial charge in [-0.15, -0.1) is 6.58 Å². The highest BCUT2D eigenvalue weighted by molar-refractivity contribution is 6.06. The number of allylic oxidation sites excluding steroid dienone is 1. The van der Waals surface area contributed by atoms with Gasteiger partial charge in [0.2, 0.25) is 10.5 Å². The van der Waals surface area contributed by atoms with E-state index in [9.17, 15) is 4.79 Å². The summed E-state index contributed by atoms with van der Waals surface area (Å²) in [7, 11) is 0.477. The lowest BCUT2D eigenvalue weighted by Gasteiger charge is -2.19. The molecule has 0 unspecified atom stereocenters. The van der Waals surface area contributed by atoms with Gasteiger partial charge < -0.3 is 4.43 Å². The van der Waals surface area contributed by atoms with E-state index in [1.165, 1.54) is 0 Å². The summed E-state index contributed by atoms with van der Waals surface area (Å²) in [6.07, 6.45) is 2.41. The maximum atomic E-state index is 11.0. The summed E-state index contributed by atoms with van der Waals surface area (Å²) >= 11 is 0. The summed E-state index contributed by atoms with van der Waals surface area (Å²) in [6.45, 7) is 7.28. The summed E-state index contributed by atoms with van der Waals surface area (Å²) in [6, 6.07) is 0. The van der Waals surface area contributed by atoms with Gasteiger partial charge in [0.1, 0.15) is 0 Å². The zero-order chi connectivity index (χ0) is 8.20. The van der Waals surface area contributed by atoms with E-state index < -0.39 is 0 Å². The lowest BCUT2D eigenvalue weighted by atomic mass is 9.90. The summed E-state index contributed by atoms with van der Waals surface area (Å²) in [5, 5.41) is 0. The lowest BCUT2D eigenvalue weighted by Crippen LogP contribution is -2.24. The molecule has 0 heterocycles. The fraction of sp³-hybridized carbons (Fsp3) is 0.571. The molecule has 0 aliphatic carbocycles. The van der Waals surface area contributed by atoms with Crippen LogP contribution >= 0.6 is 0 Å². The minimum Gasteiger partial charge on any atom is -0.528 e. The zero-order valence-electron chi connectivity index (χ0n) is 6.81. The molecule has 2 nitrogen and oxygen atoms in total. The Morgan fingerprint density at radius 2 is 2.30 bits per heavy atom. The van der Waals surface area contributed by atoms with E-state index in [1.54, 1.807) is 6.08 Å². The average Bonchev–Trinajstić information content (AvgIpc) is 1.86. The van der Waals surface area contributed by atoms with E-state index >= 15 is 0 Å². The third-order valence-corrected chi connectivity index (χ3v) is 1.76. The van der Waals surface area contributed by atoms with Gasteiger partial charge in [0.05, 0.1) is 5.41 Å². The van der Waals surface area contributed by atoms with Crippen LogP contribution in [-0.4, -0.2) is 16.5 Å². The van der Waals surface area contributed by atoms with E-state index in [0.717, 1.165) is 0 Å². The maximum absolute atomic E-state index is 11.0. The van der Waals surface area contributed by atoms with Crippen LogP contribution in [0.15, 0.2) is 12.7 Å². The normalized spacial score (nSPS) is 11.0. The highest BCUT2D eigenvalue weighted by Crippen LogP contribution is 2.21. The van der Waals surface area contributed by atoms with Crippen molar-refractivity contribution in [2.24, 2.45) is 5.41 Å². The Balaban J connectivity index is 4.08. The Morgan fingerprint density at radius 1 is 1.80 bits per heavy atom. The Kier molecular flexibility index (Phi) is 3.36. The van der Waals surface area contributed by atoms with Crippen LogP contribution in [0.5, 0.6) is 0 Å². The minimum atomic E-state index is -0.385. The van der Waals surface area contributed by atoms with Gasteiger partial charge in [0, 0.05) is 0 Å². The Labute approximate surface area is 64.8 Å². The first-order chi connectivity index (χ1) is 4.54. The molecule has 0 atom stereocenters. The van der Waals surface area contributed by atoms with Gasteiger partial charge in [-0.05, 0) is 20.3 Å². The van der Waals surface area contributed by atoms with Gasteiger partial charge in [-0.25, -0.2) is 0 Å². The van der Waals surface area contributed by atoms with E-state index in [-0.39, 0.29) is 11.4 Å². The van der Waals surface area contributed by atoms with Crippen LogP contribution in [0.25, 0.3) is 0 Å². The fourth-order valence-corrected chi connectivity index (χ4v) is 1.27. The van der Waals surface area contributed by atoms with Gasteiger partial charge in [0.25, 0.3) is 5.97 Å². The Morgan fingerprint density at radius 3 is 2.60 bits per heavy atom. The number of hydrogen-bond donors (Lipinski definition) is 0. The predicted molar refractivity (Wildman–Crippen MR) is 44.6 cm³/mol. The molecule has 0 amide bonds. The molecule has 0 fully saturated rings. The molecule has 0 spiro atoms. The standard InChI is InChI=1S/C7H14O2Si/c1-4-5-7(2,3)6(8)9-10/h4H,1,5H2,2-3,10H3. The molecule has 0 aromatic heterocycles. The third-order valence-electron chi connectivity index (χ3n) is 1.39. The van der Waals surface area contributed by atoms with Crippen LogP contribution in [0.3, 0.4) is 0 Å². The molecule has 3 heteroatoms. The first kappa shape index (κ1) is 9.43. The molecular formula is C7H14O2Si. The van der Waals surface area contributed by atoms with Crippen molar-refractivity contribution in [1.29, 1.82) is 0 Å². The zero-order valence-corrected chi connectivity index (χ0v) is 8.81. The molecule has 0 aliphatic rings. The lowest BCUT2D eigenvalue weighted by molar-refractivity contribution is -0.143. The summed E-state index contributed by atoms with van der Waals surface area (Å²) in [5.41, 5.74) is -0.385. The number of rotatable bonds is 3. The second kappa shape index (κ2) is 3.56. The van der Waals surface area contributed by atoms with E-state index in [2.05, 4.69) is 6.58 Å². The van der Waals surface area contributed by atoms with Gasteiger partial charge in [-0.3, -0.25) is 4.79 Å². The van der Waals surface area contributed by atoms with Crippen LogP contribution < -0.4 is 0 Å². The van der Waals surface area contributed by atoms with Gasteiger partial charge in [-0.1, -0.05) is 6.08 Å². The Bertz CT molecular complexity index is 141. The molecule has 0 aromatic rings. The molecule has 0 aliphatic heterocycles. The SMILES string of the molecule is C=CCC(C)(C)C(=O)O[SiH3]. The number of carbonyl (C=O) groups excluding carboxylic acids is 1. The fourth-order valence-electron chi connectivity index (χ4n) is 0.720. The molecule has 0 rings (SSSR count). The highest BCUT2D eigenvalue weighted by atomic mass is 28.2. The first-order valence-electron chi connectivity index (χ1n) is 3.24. The van der Waals surface area contributed by atoms with Crippen molar-refractivity contribution in [2.75, 3.05) is 0 Å². The van der Waals surface area contributed by atoms with Crippen LogP contribution in [-0.2, 0) is 9.22 Å². The van der Waals surface area contributed by atoms with Crippen molar-refractivity contribution in [3.63, 3.8) is 0 Å². The molecule has 0 bridgehead atoms. The van der Waals surface area contributed by atoms with Crippen molar-refractivity contribution in [1.82, 2.24) is 0 Å². The molecule has 0 aromatic carbocycles. The summed E-state index contributed by atoms with van der Waals surface area (Å²) < 4.78 is 4.72. The first-order valence-corrected chi connectivity index (χ1v) is 4.05. The van der Waals surface area contributed by atoms with Crippen molar-refractivity contribution in [3.8, 4) is 0 Å². The largest absolute Gasteiger partial charge is 0.528 e. The summed E-state index contributed by atoms with van der Waals surface area (Å²) in [4.78, 5) is 11.0. The van der Waals surface area contributed by atoms with E-state index in [4.69, 9.17) is 4.43 Å². The topological polar surface area (TPSA) is 26.3 Å². The molecular weight excluding hydrogens is 144 g/mol. The monoisotopic (exact) mass is 158 g/mol. The minimum absolute atomic E-state index is 0.126. The van der Waals surface area contributed by atoms with Crippen LogP contribution in [0.2, 0.25) is 0 Å². The van der Waals surface area contributed by atoms with Gasteiger partial charge in [-0.2, -0.15) is 0 Å². The second-order valence-corrected chi connectivity index (χ2v) is 3.28. The summed E-state index contributed by atoms with van der Waals surface area (Å²) in [5.74, 6) is -0.126. The predicted octanol–water partition coefficient (Wildman–Crippen LogP) is 0.412. The van der Waals surface area contributed by atoms with Gasteiger partial charge in [0.15, 0.2) is 0 Å². The van der Waals surface area contributed by atoms with Crippen molar-refractivity contribution < 1.29 is 9.22 Å². The average molecular weight is 158 g/mol. The van der Waals surface area contributed by atoms with Gasteiger partial charge >= 0.3 is 0 Å². The van der Waals surface area contributed by atoms with Crippen molar-refractivity contribution in [2.45, 2.75) is 20.3 Å². The number of carbonyl (C=O) groups is 1. The quantitative estimate of drug-likeness (QED) is 0.439. The second-order valence-electron chi connectivity index (χ2n) is 2.87. The van der Waals surface area contributed by atoms with Crippen molar-refractivity contribution >= 4 is 16.5 Å². The third kappa shape index (κ3) is 2.35. The van der Waals surface area contributed by atoms with Crippen molar-refractivity contribution in [3.05, 3.63) is 12.7 Å². The molecule has 0 saturated carbocycles. The van der Waals surface area contributed by atoms with Crippen LogP contribution in [0.4, 0.5) is 0 Å². The molecule has 0 saturated heterocycles. The maximum Gasteiger partial charge on any atom is 0.297 e. The number of hydrogen-bond acceptors (Lipinski definition) is 2.